The largest absolute Gasteiger partial charge is 0.540 e. The molecule has 0 heterocycles. The maximum Gasteiger partial charge on any atom is 0.540 e. The smallest absolute Gasteiger partial charge is 0.448 e. The Morgan fingerprint density at radius 1 is 0.696 bits per heavy atom. The molecule has 23 heavy (non-hydrogen) atoms. The van der Waals surface area contributed by atoms with E-state index in [0.29, 0.717) is 6.61 Å². The summed E-state index contributed by atoms with van der Waals surface area (Å²) in [5.41, 5.74) is 0. The molecule has 0 saturated carbocycles. The lowest BCUT2D eigenvalue weighted by molar-refractivity contribution is -0.749. The van der Waals surface area contributed by atoms with Crippen molar-refractivity contribution in [1.82, 2.24) is 0 Å². The highest BCUT2D eigenvalue weighted by molar-refractivity contribution is 5.55. The minimum absolute atomic E-state index is 0.348. The predicted molar refractivity (Wildman–Crippen MR) is 80.5 cm³/mol. The van der Waals surface area contributed by atoms with Crippen molar-refractivity contribution in [3.63, 3.8) is 0 Å². The van der Waals surface area contributed by atoms with Gasteiger partial charge in [-0.2, -0.15) is 0 Å². The summed E-state index contributed by atoms with van der Waals surface area (Å²) in [4.78, 5) is 17.9. The summed E-state index contributed by atoms with van der Waals surface area (Å²) < 4.78 is 0. The molecule has 0 aliphatic carbocycles. The molecule has 8 heteroatoms. The zero-order chi connectivity index (χ0) is 17.0. The zero-order valence-electron chi connectivity index (χ0n) is 14.0. The molecule has 138 valence electrons. The topological polar surface area (TPSA) is 92.7 Å². The molecule has 0 aromatic rings. The quantitative estimate of drug-likeness (QED) is 0.211. The third-order valence-electron chi connectivity index (χ3n) is 3.32. The van der Waals surface area contributed by atoms with E-state index in [1.807, 2.05) is 0 Å². The van der Waals surface area contributed by atoms with Gasteiger partial charge in [-0.3, -0.25) is 0 Å². The van der Waals surface area contributed by atoms with Crippen LogP contribution in [0.15, 0.2) is 0 Å². The van der Waals surface area contributed by atoms with Gasteiger partial charge >= 0.3 is 6.16 Å². The monoisotopic (exact) mass is 338 g/mol. The van der Waals surface area contributed by atoms with Gasteiger partial charge in [0.1, 0.15) is 0 Å². The summed E-state index contributed by atoms with van der Waals surface area (Å²) in [6.07, 6.45) is 13.4. The first-order valence-corrected chi connectivity index (χ1v) is 8.46. The number of hydrogen-bond donors (Lipinski definition) is 1. The highest BCUT2D eigenvalue weighted by Crippen LogP contribution is 2.11. The zero-order valence-corrected chi connectivity index (χ0v) is 14.0. The maximum absolute atomic E-state index is 9.82. The summed E-state index contributed by atoms with van der Waals surface area (Å²) in [6.45, 7) is 2.59. The Balaban J connectivity index is 2.96. The van der Waals surface area contributed by atoms with Crippen molar-refractivity contribution in [2.24, 2.45) is 0 Å². The maximum atomic E-state index is 9.82. The molecule has 1 N–H and O–H groups in total. The van der Waals surface area contributed by atoms with E-state index in [-0.39, 0.29) is 0 Å². The summed E-state index contributed by atoms with van der Waals surface area (Å²) in [6, 6.07) is 0. The molecule has 8 nitrogen and oxygen atoms in total. The summed E-state index contributed by atoms with van der Waals surface area (Å²) in [5.74, 6) is 0. The van der Waals surface area contributed by atoms with Gasteiger partial charge < -0.3 is 5.11 Å². The molecule has 0 spiro atoms. The van der Waals surface area contributed by atoms with Crippen LogP contribution in [0.5, 0.6) is 0 Å². The van der Waals surface area contributed by atoms with Crippen LogP contribution in [-0.2, 0) is 29.9 Å². The van der Waals surface area contributed by atoms with Crippen LogP contribution in [0.4, 0.5) is 4.79 Å². The SMILES string of the molecule is CCCCCCCCCCCCCCOOOOOOC(=O)O. The molecule has 0 aliphatic rings. The molecule has 0 fully saturated rings. The second-order valence-electron chi connectivity index (χ2n) is 5.33. The average molecular weight is 338 g/mol. The second kappa shape index (κ2) is 19.1. The first-order valence-electron chi connectivity index (χ1n) is 8.46. The molecular formula is C15H30O8. The minimum Gasteiger partial charge on any atom is -0.448 e. The lowest BCUT2D eigenvalue weighted by Gasteiger charge is -2.03. The molecule has 0 aromatic carbocycles. The minimum atomic E-state index is -1.67. The Bertz CT molecular complexity index is 250. The van der Waals surface area contributed by atoms with Crippen LogP contribution in [0, 0.1) is 0 Å². The van der Waals surface area contributed by atoms with E-state index in [1.165, 1.54) is 64.2 Å². The third-order valence-corrected chi connectivity index (χ3v) is 3.32. The lowest BCUT2D eigenvalue weighted by atomic mass is 10.1. The first kappa shape index (κ1) is 22.1. The Kier molecular flexibility index (Phi) is 18.3. The molecule has 0 unspecified atom stereocenters. The molecule has 0 radical (unpaired) electrons. The fraction of sp³-hybridized carbons (Fsp3) is 0.933. The van der Waals surface area contributed by atoms with Gasteiger partial charge in [0.15, 0.2) is 0 Å². The van der Waals surface area contributed by atoms with Gasteiger partial charge in [-0.1, -0.05) is 77.6 Å². The normalized spacial score (nSPS) is 10.8. The summed E-state index contributed by atoms with van der Waals surface area (Å²) in [7, 11) is 0. The lowest BCUT2D eigenvalue weighted by Crippen LogP contribution is -2.05. The van der Waals surface area contributed by atoms with Crippen molar-refractivity contribution in [2.75, 3.05) is 6.61 Å². The summed E-state index contributed by atoms with van der Waals surface area (Å²) in [5, 5.41) is 23.2. The van der Waals surface area contributed by atoms with Crippen LogP contribution < -0.4 is 0 Å². The van der Waals surface area contributed by atoms with Crippen LogP contribution >= 0.6 is 0 Å². The molecule has 0 aliphatic heterocycles. The number of carboxylic acid groups (broad SMARTS) is 1. The van der Waals surface area contributed by atoms with Crippen molar-refractivity contribution < 1.29 is 39.8 Å². The highest BCUT2D eigenvalue weighted by atomic mass is 17.8. The number of unbranched alkanes of at least 4 members (excludes halogenated alkanes) is 11. The van der Waals surface area contributed by atoms with Crippen LogP contribution in [0.25, 0.3) is 0 Å². The Morgan fingerprint density at radius 2 is 1.17 bits per heavy atom. The van der Waals surface area contributed by atoms with Crippen molar-refractivity contribution in [3.8, 4) is 0 Å². The van der Waals surface area contributed by atoms with Crippen molar-refractivity contribution in [3.05, 3.63) is 0 Å². The Hall–Kier alpha value is -0.930. The molecule has 0 rings (SSSR count). The Labute approximate surface area is 137 Å². The van der Waals surface area contributed by atoms with E-state index < -0.39 is 6.16 Å². The highest BCUT2D eigenvalue weighted by Gasteiger charge is 1.99. The van der Waals surface area contributed by atoms with Gasteiger partial charge in [0.25, 0.3) is 0 Å². The van der Waals surface area contributed by atoms with Gasteiger partial charge in [-0.05, 0) is 16.5 Å². The first-order chi connectivity index (χ1) is 11.3. The van der Waals surface area contributed by atoms with Crippen LogP contribution in [0.3, 0.4) is 0 Å². The van der Waals surface area contributed by atoms with Crippen molar-refractivity contribution in [1.29, 1.82) is 0 Å². The van der Waals surface area contributed by atoms with Gasteiger partial charge in [0.2, 0.25) is 0 Å². The number of carbonyl (C=O) groups is 1. The molecule has 0 saturated heterocycles. The fourth-order valence-corrected chi connectivity index (χ4v) is 2.12. The standard InChI is InChI=1S/C15H30O8/c1-2-3-4-5-6-7-8-9-10-11-12-13-14-18-20-22-23-21-19-15(16)17/h2-14H2,1H3,(H,16,17). The molecular weight excluding hydrogens is 308 g/mol. The molecule has 0 aromatic heterocycles. The van der Waals surface area contributed by atoms with Crippen molar-refractivity contribution in [2.45, 2.75) is 84.0 Å². The number of rotatable bonds is 18. The molecule has 0 bridgehead atoms. The fourth-order valence-electron chi connectivity index (χ4n) is 2.12. The van der Waals surface area contributed by atoms with Crippen molar-refractivity contribution >= 4 is 6.16 Å². The van der Waals surface area contributed by atoms with E-state index in [2.05, 4.69) is 36.9 Å². The van der Waals surface area contributed by atoms with E-state index in [0.717, 1.165) is 12.8 Å². The molecule has 0 atom stereocenters. The van der Waals surface area contributed by atoms with Gasteiger partial charge in [-0.25, -0.2) is 14.6 Å². The van der Waals surface area contributed by atoms with Gasteiger partial charge in [-0.15, -0.1) is 0 Å². The number of hydrogen-bond acceptors (Lipinski definition) is 7. The average Bonchev–Trinajstić information content (AvgIpc) is 2.53. The van der Waals surface area contributed by atoms with E-state index in [4.69, 9.17) is 5.11 Å². The van der Waals surface area contributed by atoms with Gasteiger partial charge in [0.05, 0.1) is 6.61 Å². The van der Waals surface area contributed by atoms with Gasteiger partial charge in [0, 0.05) is 10.1 Å². The molecule has 0 amide bonds. The van der Waals surface area contributed by atoms with E-state index in [9.17, 15) is 4.79 Å². The third kappa shape index (κ3) is 21.1. The van der Waals surface area contributed by atoms with E-state index in [1.54, 1.807) is 0 Å². The van der Waals surface area contributed by atoms with Crippen LogP contribution in [0.2, 0.25) is 0 Å². The van der Waals surface area contributed by atoms with Crippen LogP contribution in [0.1, 0.15) is 84.0 Å². The Morgan fingerprint density at radius 3 is 1.70 bits per heavy atom. The van der Waals surface area contributed by atoms with E-state index >= 15 is 0 Å². The second-order valence-corrected chi connectivity index (χ2v) is 5.33. The van der Waals surface area contributed by atoms with Crippen LogP contribution in [-0.4, -0.2) is 17.9 Å². The summed E-state index contributed by atoms with van der Waals surface area (Å²) >= 11 is 0. The predicted octanol–water partition coefficient (Wildman–Crippen LogP) is 5.04.